The lowest BCUT2D eigenvalue weighted by atomic mass is 9.79. The third-order valence-electron chi connectivity index (χ3n) is 7.09. The van der Waals surface area contributed by atoms with Crippen molar-refractivity contribution in [2.24, 2.45) is 0 Å². The van der Waals surface area contributed by atoms with Gasteiger partial charge in [0.25, 0.3) is 0 Å². The van der Waals surface area contributed by atoms with Gasteiger partial charge in [0.1, 0.15) is 6.04 Å². The van der Waals surface area contributed by atoms with E-state index in [1.54, 1.807) is 4.90 Å². The van der Waals surface area contributed by atoms with Crippen molar-refractivity contribution in [3.63, 3.8) is 0 Å². The molecule has 0 saturated carbocycles. The van der Waals surface area contributed by atoms with E-state index in [9.17, 15) is 9.59 Å². The van der Waals surface area contributed by atoms with Crippen LogP contribution < -0.4 is 5.32 Å². The smallest absolute Gasteiger partial charge is 0.411 e. The van der Waals surface area contributed by atoms with Gasteiger partial charge in [-0.25, -0.2) is 9.59 Å². The second kappa shape index (κ2) is 9.89. The Labute approximate surface area is 201 Å². The molecular formula is C27H32N4O3. The van der Waals surface area contributed by atoms with E-state index in [-0.39, 0.29) is 18.2 Å². The number of carbonyl (C=O) groups is 2. The fraction of sp³-hybridized carbons (Fsp3) is 0.407. The fourth-order valence-electron chi connectivity index (χ4n) is 5.34. The zero-order chi connectivity index (χ0) is 23.4. The molecule has 1 atom stereocenters. The third kappa shape index (κ3) is 4.28. The van der Waals surface area contributed by atoms with Crippen molar-refractivity contribution in [1.29, 1.82) is 0 Å². The molecule has 3 aliphatic heterocycles. The fourth-order valence-corrected chi connectivity index (χ4v) is 5.34. The highest BCUT2D eigenvalue weighted by Crippen LogP contribution is 2.45. The molecule has 0 bridgehead atoms. The molecule has 178 valence electrons. The van der Waals surface area contributed by atoms with E-state index in [1.807, 2.05) is 65.6 Å². The molecule has 0 spiro atoms. The number of cyclic esters (lactones) is 1. The van der Waals surface area contributed by atoms with Crippen LogP contribution in [-0.2, 0) is 10.3 Å². The summed E-state index contributed by atoms with van der Waals surface area (Å²) < 4.78 is 6.18. The number of carbonyl (C=O) groups excluding carboxylic acids is 2. The number of benzene rings is 2. The number of rotatable bonds is 6. The molecule has 1 N–H and O–H groups in total. The number of hydrogen-bond donors (Lipinski definition) is 1. The first-order valence-electron chi connectivity index (χ1n) is 12.2. The van der Waals surface area contributed by atoms with Gasteiger partial charge in [-0.1, -0.05) is 72.8 Å². The summed E-state index contributed by atoms with van der Waals surface area (Å²) >= 11 is 0. The Bertz CT molecular complexity index is 987. The maximum Gasteiger partial charge on any atom is 0.411 e. The van der Waals surface area contributed by atoms with Gasteiger partial charge in [-0.05, 0) is 12.8 Å². The Hall–Kier alpha value is -3.32. The Morgan fingerprint density at radius 1 is 0.971 bits per heavy atom. The number of urea groups is 1. The molecule has 34 heavy (non-hydrogen) atoms. The zero-order valence-electron chi connectivity index (χ0n) is 19.4. The second-order valence-electron chi connectivity index (χ2n) is 9.14. The van der Waals surface area contributed by atoms with E-state index >= 15 is 0 Å². The van der Waals surface area contributed by atoms with Crippen molar-refractivity contribution >= 4 is 12.1 Å². The van der Waals surface area contributed by atoms with Crippen LogP contribution in [0.4, 0.5) is 9.59 Å². The number of hydrogen-bond acceptors (Lipinski definition) is 4. The number of piperazine rings is 1. The molecule has 2 fully saturated rings. The summed E-state index contributed by atoms with van der Waals surface area (Å²) in [4.78, 5) is 32.0. The standard InChI is InChI=1S/C27H32N4O3/c32-25(28-15-10-18-29-16-8-3-9-17-29)30-19-20-31-24(21-30)27(34-26(31)33,22-11-4-1-5-12-22)23-13-6-2-7-14-23/h1-8,11-14,24H,9-10,15-21H2,(H,28,32). The van der Waals surface area contributed by atoms with E-state index in [0.717, 1.165) is 43.6 Å². The van der Waals surface area contributed by atoms with Gasteiger partial charge in [0.15, 0.2) is 5.60 Å². The van der Waals surface area contributed by atoms with Crippen molar-refractivity contribution in [3.05, 3.63) is 83.9 Å². The van der Waals surface area contributed by atoms with Crippen LogP contribution in [0.25, 0.3) is 0 Å². The predicted octanol–water partition coefficient (Wildman–Crippen LogP) is 3.43. The van der Waals surface area contributed by atoms with Crippen molar-refractivity contribution in [2.75, 3.05) is 45.8 Å². The molecule has 0 aromatic heterocycles. The van der Waals surface area contributed by atoms with Gasteiger partial charge < -0.3 is 15.0 Å². The molecule has 5 rings (SSSR count). The number of fused-ring (bicyclic) bond motifs is 1. The lowest BCUT2D eigenvalue weighted by Gasteiger charge is -2.42. The largest absolute Gasteiger partial charge is 0.431 e. The van der Waals surface area contributed by atoms with Crippen molar-refractivity contribution in [1.82, 2.24) is 20.0 Å². The summed E-state index contributed by atoms with van der Waals surface area (Å²) in [5.41, 5.74) is 0.875. The van der Waals surface area contributed by atoms with Crippen LogP contribution in [-0.4, -0.2) is 78.7 Å². The van der Waals surface area contributed by atoms with Crippen LogP contribution in [0, 0.1) is 0 Å². The third-order valence-corrected chi connectivity index (χ3v) is 7.09. The first-order chi connectivity index (χ1) is 16.7. The van der Waals surface area contributed by atoms with Gasteiger partial charge in [0.2, 0.25) is 0 Å². The van der Waals surface area contributed by atoms with Crippen LogP contribution in [0.15, 0.2) is 72.8 Å². The number of nitrogens with zero attached hydrogens (tertiary/aromatic N) is 3. The summed E-state index contributed by atoms with van der Waals surface area (Å²) in [7, 11) is 0. The average Bonchev–Trinajstić information content (AvgIpc) is 3.21. The SMILES string of the molecule is O=C(NCCCN1CC=CCC1)N1CCN2C(=O)OC(c3ccccc3)(c3ccccc3)C2C1. The maximum atomic E-state index is 13.0. The van der Waals surface area contributed by atoms with Gasteiger partial charge >= 0.3 is 12.1 Å². The van der Waals surface area contributed by atoms with E-state index < -0.39 is 5.60 Å². The van der Waals surface area contributed by atoms with Gasteiger partial charge in [-0.3, -0.25) is 9.80 Å². The molecule has 2 saturated heterocycles. The first kappa shape index (κ1) is 22.5. The average molecular weight is 461 g/mol. The van der Waals surface area contributed by atoms with Crippen LogP contribution in [0.3, 0.4) is 0 Å². The summed E-state index contributed by atoms with van der Waals surface area (Å²) in [6.45, 7) is 5.07. The van der Waals surface area contributed by atoms with Crippen LogP contribution in [0.2, 0.25) is 0 Å². The first-order valence-corrected chi connectivity index (χ1v) is 12.2. The minimum absolute atomic E-state index is 0.0763. The molecule has 7 nitrogen and oxygen atoms in total. The van der Waals surface area contributed by atoms with Gasteiger partial charge in [-0.15, -0.1) is 0 Å². The van der Waals surface area contributed by atoms with Crippen LogP contribution in [0.5, 0.6) is 0 Å². The summed E-state index contributed by atoms with van der Waals surface area (Å²) in [6, 6.07) is 19.4. The summed E-state index contributed by atoms with van der Waals surface area (Å²) in [5, 5.41) is 3.09. The molecule has 3 aliphatic rings. The lowest BCUT2D eigenvalue weighted by molar-refractivity contribution is 0.0512. The zero-order valence-corrected chi connectivity index (χ0v) is 19.4. The number of ether oxygens (including phenoxy) is 1. The lowest BCUT2D eigenvalue weighted by Crippen LogP contribution is -2.59. The highest BCUT2D eigenvalue weighted by molar-refractivity contribution is 5.77. The molecule has 3 amide bonds. The van der Waals surface area contributed by atoms with Crippen molar-refractivity contribution in [2.45, 2.75) is 24.5 Å². The van der Waals surface area contributed by atoms with Crippen molar-refractivity contribution < 1.29 is 14.3 Å². The molecule has 2 aromatic carbocycles. The highest BCUT2D eigenvalue weighted by atomic mass is 16.6. The minimum Gasteiger partial charge on any atom is -0.431 e. The van der Waals surface area contributed by atoms with Gasteiger partial charge in [-0.2, -0.15) is 0 Å². The Morgan fingerprint density at radius 3 is 2.32 bits per heavy atom. The van der Waals surface area contributed by atoms with E-state index in [4.69, 9.17) is 4.74 Å². The molecule has 0 aliphatic carbocycles. The molecular weight excluding hydrogens is 428 g/mol. The van der Waals surface area contributed by atoms with E-state index in [0.29, 0.717) is 26.2 Å². The van der Waals surface area contributed by atoms with Gasteiger partial charge in [0, 0.05) is 56.9 Å². The molecule has 1 unspecified atom stereocenters. The maximum absolute atomic E-state index is 13.0. The molecule has 3 heterocycles. The minimum atomic E-state index is -0.958. The Kier molecular flexibility index (Phi) is 6.54. The van der Waals surface area contributed by atoms with Gasteiger partial charge in [0.05, 0.1) is 0 Å². The Balaban J connectivity index is 1.31. The van der Waals surface area contributed by atoms with Crippen LogP contribution >= 0.6 is 0 Å². The number of amides is 3. The normalized spacial score (nSPS) is 21.8. The van der Waals surface area contributed by atoms with Crippen molar-refractivity contribution in [3.8, 4) is 0 Å². The predicted molar refractivity (Wildman–Crippen MR) is 130 cm³/mol. The van der Waals surface area contributed by atoms with E-state index in [2.05, 4.69) is 22.4 Å². The quantitative estimate of drug-likeness (QED) is 0.530. The molecule has 2 aromatic rings. The summed E-state index contributed by atoms with van der Waals surface area (Å²) in [6.07, 6.45) is 6.12. The highest BCUT2D eigenvalue weighted by Gasteiger charge is 2.58. The second-order valence-corrected chi connectivity index (χ2v) is 9.14. The van der Waals surface area contributed by atoms with Crippen LogP contribution in [0.1, 0.15) is 24.0 Å². The Morgan fingerprint density at radius 2 is 1.68 bits per heavy atom. The summed E-state index contributed by atoms with van der Waals surface area (Å²) in [5.74, 6) is 0. The number of nitrogens with one attached hydrogen (secondary N) is 1. The topological polar surface area (TPSA) is 65.1 Å². The molecule has 7 heteroatoms. The monoisotopic (exact) mass is 460 g/mol. The molecule has 0 radical (unpaired) electrons. The van der Waals surface area contributed by atoms with E-state index in [1.165, 1.54) is 0 Å².